The first-order valence-electron chi connectivity index (χ1n) is 4.07. The number of halogens is 1. The molecule has 3 N–H and O–H groups in total. The standard InChI is InChI=1S/C8H9BrN2O2S/c9-7-4-6(14(10,12)13)3-5-1-2-11-8(5)7/h3-4,11H,1-2H2,(H2,10,12,13). The van der Waals surface area contributed by atoms with Crippen LogP contribution in [0.3, 0.4) is 0 Å². The van der Waals surface area contributed by atoms with Crippen LogP contribution >= 0.6 is 15.9 Å². The van der Waals surface area contributed by atoms with Gasteiger partial charge in [0.25, 0.3) is 0 Å². The van der Waals surface area contributed by atoms with E-state index < -0.39 is 10.0 Å². The summed E-state index contributed by atoms with van der Waals surface area (Å²) >= 11 is 3.31. The van der Waals surface area contributed by atoms with Crippen molar-refractivity contribution in [2.45, 2.75) is 11.3 Å². The van der Waals surface area contributed by atoms with E-state index in [0.717, 1.165) is 28.7 Å². The van der Waals surface area contributed by atoms with Crippen LogP contribution in [0, 0.1) is 0 Å². The Balaban J connectivity index is 2.64. The molecule has 0 radical (unpaired) electrons. The molecule has 0 aliphatic carbocycles. The monoisotopic (exact) mass is 276 g/mol. The molecule has 1 aromatic carbocycles. The maximum absolute atomic E-state index is 11.1. The fraction of sp³-hybridized carbons (Fsp3) is 0.250. The van der Waals surface area contributed by atoms with Crippen molar-refractivity contribution >= 4 is 31.6 Å². The summed E-state index contributed by atoms with van der Waals surface area (Å²) in [6.07, 6.45) is 0.831. The van der Waals surface area contributed by atoms with Crippen LogP contribution in [-0.4, -0.2) is 15.0 Å². The number of nitrogens with two attached hydrogens (primary N) is 1. The summed E-state index contributed by atoms with van der Waals surface area (Å²) in [4.78, 5) is 0.159. The molecule has 1 aliphatic heterocycles. The third kappa shape index (κ3) is 1.65. The molecule has 0 atom stereocenters. The highest BCUT2D eigenvalue weighted by Crippen LogP contribution is 2.33. The molecule has 0 spiro atoms. The SMILES string of the molecule is NS(=O)(=O)c1cc(Br)c2c(c1)CCN2. The van der Waals surface area contributed by atoms with Crippen molar-refractivity contribution in [1.29, 1.82) is 0 Å². The van der Waals surface area contributed by atoms with Gasteiger partial charge in [-0.2, -0.15) is 0 Å². The van der Waals surface area contributed by atoms with E-state index in [1.807, 2.05) is 0 Å². The van der Waals surface area contributed by atoms with Crippen molar-refractivity contribution in [3.05, 3.63) is 22.2 Å². The second-order valence-electron chi connectivity index (χ2n) is 3.16. The van der Waals surface area contributed by atoms with Gasteiger partial charge in [-0.25, -0.2) is 13.6 Å². The van der Waals surface area contributed by atoms with E-state index in [-0.39, 0.29) is 4.90 Å². The quantitative estimate of drug-likeness (QED) is 0.806. The predicted octanol–water partition coefficient (Wildman–Crippen LogP) is 1.06. The minimum Gasteiger partial charge on any atom is -0.384 e. The highest BCUT2D eigenvalue weighted by molar-refractivity contribution is 9.10. The third-order valence-corrected chi connectivity index (χ3v) is 3.69. The number of hydrogen-bond donors (Lipinski definition) is 2. The van der Waals surface area contributed by atoms with Gasteiger partial charge in [-0.15, -0.1) is 0 Å². The molecule has 0 bridgehead atoms. The maximum atomic E-state index is 11.1. The van der Waals surface area contributed by atoms with Crippen LogP contribution in [0.15, 0.2) is 21.5 Å². The van der Waals surface area contributed by atoms with Gasteiger partial charge in [-0.3, -0.25) is 0 Å². The minimum absolute atomic E-state index is 0.159. The molecule has 14 heavy (non-hydrogen) atoms. The molecule has 0 amide bonds. The summed E-state index contributed by atoms with van der Waals surface area (Å²) in [6, 6.07) is 3.14. The number of benzene rings is 1. The summed E-state index contributed by atoms with van der Waals surface area (Å²) < 4.78 is 23.0. The summed E-state index contributed by atoms with van der Waals surface area (Å²) in [5.41, 5.74) is 1.96. The Kier molecular flexibility index (Phi) is 2.29. The van der Waals surface area contributed by atoms with Crippen LogP contribution in [0.25, 0.3) is 0 Å². The van der Waals surface area contributed by atoms with Crippen LogP contribution in [0.1, 0.15) is 5.56 Å². The average molecular weight is 277 g/mol. The second-order valence-corrected chi connectivity index (χ2v) is 5.58. The van der Waals surface area contributed by atoms with E-state index in [9.17, 15) is 8.42 Å². The van der Waals surface area contributed by atoms with Gasteiger partial charge < -0.3 is 5.32 Å². The smallest absolute Gasteiger partial charge is 0.238 e. The Morgan fingerprint density at radius 1 is 1.43 bits per heavy atom. The summed E-state index contributed by atoms with van der Waals surface area (Å²) in [7, 11) is -3.60. The molecule has 4 nitrogen and oxygen atoms in total. The lowest BCUT2D eigenvalue weighted by Crippen LogP contribution is -2.12. The molecule has 0 fully saturated rings. The molecule has 2 rings (SSSR count). The van der Waals surface area contributed by atoms with Crippen molar-refractivity contribution in [2.24, 2.45) is 5.14 Å². The topological polar surface area (TPSA) is 72.2 Å². The van der Waals surface area contributed by atoms with E-state index in [1.165, 1.54) is 6.07 Å². The van der Waals surface area contributed by atoms with E-state index in [1.54, 1.807) is 6.07 Å². The van der Waals surface area contributed by atoms with Gasteiger partial charge in [0.2, 0.25) is 10.0 Å². The zero-order chi connectivity index (χ0) is 10.3. The Hall–Kier alpha value is -0.590. The maximum Gasteiger partial charge on any atom is 0.238 e. The number of primary sulfonamides is 1. The number of hydrogen-bond acceptors (Lipinski definition) is 3. The van der Waals surface area contributed by atoms with E-state index in [4.69, 9.17) is 5.14 Å². The molecule has 0 unspecified atom stereocenters. The first-order valence-corrected chi connectivity index (χ1v) is 6.41. The molecule has 0 aromatic heterocycles. The van der Waals surface area contributed by atoms with Crippen molar-refractivity contribution < 1.29 is 8.42 Å². The fourth-order valence-electron chi connectivity index (χ4n) is 1.52. The summed E-state index contributed by atoms with van der Waals surface area (Å²) in [6.45, 7) is 0.835. The number of rotatable bonds is 1. The summed E-state index contributed by atoms with van der Waals surface area (Å²) in [5, 5.41) is 8.22. The summed E-state index contributed by atoms with van der Waals surface area (Å²) in [5.74, 6) is 0. The molecule has 1 aliphatic rings. The van der Waals surface area contributed by atoms with Gasteiger partial charge >= 0.3 is 0 Å². The number of fused-ring (bicyclic) bond motifs is 1. The highest BCUT2D eigenvalue weighted by atomic mass is 79.9. The zero-order valence-corrected chi connectivity index (χ0v) is 9.65. The molecule has 1 heterocycles. The first-order chi connectivity index (χ1) is 6.48. The van der Waals surface area contributed by atoms with Gasteiger partial charge in [0.1, 0.15) is 0 Å². The van der Waals surface area contributed by atoms with Crippen LogP contribution in [0.2, 0.25) is 0 Å². The fourth-order valence-corrected chi connectivity index (χ4v) is 2.90. The molecule has 0 saturated carbocycles. The Bertz CT molecular complexity index is 484. The molecule has 6 heteroatoms. The van der Waals surface area contributed by atoms with E-state index >= 15 is 0 Å². The minimum atomic E-state index is -3.60. The highest BCUT2D eigenvalue weighted by Gasteiger charge is 2.18. The average Bonchev–Trinajstić information content (AvgIpc) is 2.50. The predicted molar refractivity (Wildman–Crippen MR) is 57.7 cm³/mol. The van der Waals surface area contributed by atoms with Gasteiger partial charge in [-0.05, 0) is 40.0 Å². The molecular formula is C8H9BrN2O2S. The lowest BCUT2D eigenvalue weighted by molar-refractivity contribution is 0.597. The lowest BCUT2D eigenvalue weighted by atomic mass is 10.2. The normalized spacial score (nSPS) is 15.0. The molecular weight excluding hydrogens is 268 g/mol. The second kappa shape index (κ2) is 3.22. The van der Waals surface area contributed by atoms with Gasteiger partial charge in [0, 0.05) is 11.0 Å². The number of anilines is 1. The van der Waals surface area contributed by atoms with E-state index in [2.05, 4.69) is 21.2 Å². The molecule has 76 valence electrons. The van der Waals surface area contributed by atoms with Crippen molar-refractivity contribution in [1.82, 2.24) is 0 Å². The number of sulfonamides is 1. The first kappa shape index (κ1) is 9.95. The van der Waals surface area contributed by atoms with Gasteiger partial charge in [0.05, 0.1) is 10.6 Å². The Morgan fingerprint density at radius 2 is 2.14 bits per heavy atom. The zero-order valence-electron chi connectivity index (χ0n) is 7.25. The molecule has 1 aromatic rings. The van der Waals surface area contributed by atoms with E-state index in [0.29, 0.717) is 0 Å². The molecule has 0 saturated heterocycles. The largest absolute Gasteiger partial charge is 0.384 e. The van der Waals surface area contributed by atoms with Crippen LogP contribution < -0.4 is 10.5 Å². The van der Waals surface area contributed by atoms with Crippen molar-refractivity contribution in [3.8, 4) is 0 Å². The van der Waals surface area contributed by atoms with Crippen molar-refractivity contribution in [3.63, 3.8) is 0 Å². The Labute approximate surface area is 90.7 Å². The number of nitrogens with one attached hydrogen (secondary N) is 1. The van der Waals surface area contributed by atoms with Crippen LogP contribution in [0.4, 0.5) is 5.69 Å². The van der Waals surface area contributed by atoms with Crippen LogP contribution in [-0.2, 0) is 16.4 Å². The van der Waals surface area contributed by atoms with Gasteiger partial charge in [0.15, 0.2) is 0 Å². The van der Waals surface area contributed by atoms with Crippen molar-refractivity contribution in [2.75, 3.05) is 11.9 Å². The lowest BCUT2D eigenvalue weighted by Gasteiger charge is -2.05. The van der Waals surface area contributed by atoms with Crippen LogP contribution in [0.5, 0.6) is 0 Å². The Morgan fingerprint density at radius 3 is 2.79 bits per heavy atom. The van der Waals surface area contributed by atoms with Gasteiger partial charge in [-0.1, -0.05) is 0 Å². The third-order valence-electron chi connectivity index (χ3n) is 2.17.